The Labute approximate surface area is 135 Å². The first-order valence-corrected chi connectivity index (χ1v) is 13.8. The fraction of sp³-hybridized carbons (Fsp3) is 0.895. The number of hydrogen-bond acceptors (Lipinski definition) is 0. The van der Waals surface area contributed by atoms with E-state index in [1.165, 1.54) is 51.4 Å². The van der Waals surface area contributed by atoms with Gasteiger partial charge in [-0.25, -0.2) is 0 Å². The van der Waals surface area contributed by atoms with E-state index in [-0.39, 0.29) is 7.92 Å². The van der Waals surface area contributed by atoms with Crippen LogP contribution in [-0.2, 0) is 0 Å². The summed E-state index contributed by atoms with van der Waals surface area (Å²) in [6.45, 7) is 12.4. The molecule has 2 aliphatic rings. The van der Waals surface area contributed by atoms with Crippen molar-refractivity contribution in [3.63, 3.8) is 0 Å². The molecule has 21 heavy (non-hydrogen) atoms. The molecule has 0 unspecified atom stereocenters. The van der Waals surface area contributed by atoms with Crippen LogP contribution < -0.4 is 0 Å². The third-order valence-electron chi connectivity index (χ3n) is 6.83. The molecule has 0 aliphatic carbocycles. The van der Waals surface area contributed by atoms with Gasteiger partial charge in [-0.2, -0.15) is 0 Å². The van der Waals surface area contributed by atoms with E-state index in [4.69, 9.17) is 0 Å². The van der Waals surface area contributed by atoms with Crippen molar-refractivity contribution in [2.45, 2.75) is 102 Å². The molecule has 0 bridgehead atoms. The van der Waals surface area contributed by atoms with Gasteiger partial charge in [-0.15, -0.1) is 0 Å². The van der Waals surface area contributed by atoms with Crippen molar-refractivity contribution in [3.8, 4) is 0 Å². The zero-order valence-corrected chi connectivity index (χ0v) is 17.0. The molecule has 0 nitrogen and oxygen atoms in total. The summed E-state index contributed by atoms with van der Waals surface area (Å²) in [6.07, 6.45) is 11.8. The topological polar surface area (TPSA) is 0 Å². The van der Waals surface area contributed by atoms with E-state index in [2.05, 4.69) is 46.0 Å². The molecule has 2 rings (SSSR count). The van der Waals surface area contributed by atoms with Gasteiger partial charge in [0.1, 0.15) is 0 Å². The third kappa shape index (κ3) is 3.58. The van der Waals surface area contributed by atoms with Gasteiger partial charge in [0.15, 0.2) is 0 Å². The van der Waals surface area contributed by atoms with Gasteiger partial charge in [-0.05, 0) is 0 Å². The van der Waals surface area contributed by atoms with Crippen LogP contribution in [-0.4, -0.2) is 29.3 Å². The van der Waals surface area contributed by atoms with Crippen molar-refractivity contribution in [1.29, 1.82) is 0 Å². The predicted octanol–water partition coefficient (Wildman–Crippen LogP) is 7.02. The van der Waals surface area contributed by atoms with Crippen LogP contribution in [0.15, 0.2) is 11.6 Å². The molecule has 124 valence electrons. The fourth-order valence-corrected chi connectivity index (χ4v) is 14.6. The molecular weight excluding hydrogens is 290 g/mol. The van der Waals surface area contributed by atoms with E-state index in [1.807, 2.05) is 0 Å². The van der Waals surface area contributed by atoms with Crippen LogP contribution in [0, 0.1) is 0 Å². The van der Waals surface area contributed by atoms with Gasteiger partial charge >= 0.3 is 135 Å². The van der Waals surface area contributed by atoms with Crippen molar-refractivity contribution in [3.05, 3.63) is 11.6 Å². The Morgan fingerprint density at radius 2 is 1.29 bits per heavy atom. The predicted molar refractivity (Wildman–Crippen MR) is 105 cm³/mol. The van der Waals surface area contributed by atoms with E-state index in [0.29, 0.717) is 0 Å². The van der Waals surface area contributed by atoms with Gasteiger partial charge in [0.2, 0.25) is 0 Å². The quantitative estimate of drug-likeness (QED) is 0.459. The average molecular weight is 328 g/mol. The molecule has 0 aromatic carbocycles. The Morgan fingerprint density at radius 3 is 1.67 bits per heavy atom. The van der Waals surface area contributed by atoms with Crippen LogP contribution in [0.1, 0.15) is 79.1 Å². The van der Waals surface area contributed by atoms with Gasteiger partial charge in [0, 0.05) is 0 Å². The molecule has 4 atom stereocenters. The molecule has 0 saturated carbocycles. The van der Waals surface area contributed by atoms with Gasteiger partial charge in [-0.3, -0.25) is 0 Å². The van der Waals surface area contributed by atoms with Crippen LogP contribution in [0.3, 0.4) is 0 Å². The monoisotopic (exact) mass is 328 g/mol. The Hall–Kier alpha value is 0.600. The summed E-state index contributed by atoms with van der Waals surface area (Å²) in [6, 6.07) is 0. The summed E-state index contributed by atoms with van der Waals surface area (Å²) in [7, 11) is -0.976. The van der Waals surface area contributed by atoms with Gasteiger partial charge in [-0.1, -0.05) is 0 Å². The van der Waals surface area contributed by atoms with E-state index in [1.54, 1.807) is 0 Å². The number of hydrogen-bond donors (Lipinski definition) is 0. The Morgan fingerprint density at radius 1 is 0.810 bits per heavy atom. The fourth-order valence-electron chi connectivity index (χ4n) is 5.22. The van der Waals surface area contributed by atoms with Crippen molar-refractivity contribution < 1.29 is 0 Å². The second-order valence-corrected chi connectivity index (χ2v) is 15.0. The maximum absolute atomic E-state index is 2.87. The Kier molecular flexibility index (Phi) is 6.77. The van der Waals surface area contributed by atoms with E-state index in [0.717, 1.165) is 22.6 Å². The second kappa shape index (κ2) is 7.93. The van der Waals surface area contributed by atoms with Crippen LogP contribution >= 0.6 is 15.2 Å². The Bertz CT molecular complexity index is 325. The van der Waals surface area contributed by atoms with Crippen LogP contribution in [0.25, 0.3) is 0 Å². The normalized spacial score (nSPS) is 38.3. The Balaban J connectivity index is 2.16. The molecule has 0 aromatic rings. The maximum atomic E-state index is 2.87. The minimum atomic E-state index is -1.16. The average Bonchev–Trinajstić information content (AvgIpc) is 3.04. The van der Waals surface area contributed by atoms with Gasteiger partial charge < -0.3 is 0 Å². The summed E-state index contributed by atoms with van der Waals surface area (Å²) in [5, 5.41) is 0. The molecular formula is C19H38P2. The summed E-state index contributed by atoms with van der Waals surface area (Å²) >= 11 is 0. The third-order valence-corrected chi connectivity index (χ3v) is 16.3. The zero-order chi connectivity index (χ0) is 15.5. The second-order valence-electron chi connectivity index (χ2n) is 7.62. The van der Waals surface area contributed by atoms with Crippen LogP contribution in [0.2, 0.25) is 0 Å². The summed E-state index contributed by atoms with van der Waals surface area (Å²) in [4.78, 5) is 0. The van der Waals surface area contributed by atoms with Crippen molar-refractivity contribution in [1.82, 2.24) is 0 Å². The molecule has 0 spiro atoms. The summed E-state index contributed by atoms with van der Waals surface area (Å²) in [5.74, 6) is 5.68. The summed E-state index contributed by atoms with van der Waals surface area (Å²) in [5.41, 5.74) is 4.22. The van der Waals surface area contributed by atoms with Gasteiger partial charge in [0.05, 0.1) is 0 Å². The van der Waals surface area contributed by atoms with Gasteiger partial charge in [0.25, 0.3) is 0 Å². The molecule has 0 radical (unpaired) electrons. The molecule has 2 fully saturated rings. The van der Waals surface area contributed by atoms with Crippen molar-refractivity contribution in [2.75, 3.05) is 6.66 Å². The molecule has 2 aliphatic heterocycles. The van der Waals surface area contributed by atoms with Crippen molar-refractivity contribution in [2.24, 2.45) is 0 Å². The standard InChI is InChI=1S/C19H38P2/c1-6-16-10-11-17(7-2)20(16)14-15-21(5)18(8-3)12-13-19(21)9-4/h14-19,21H,6-13H2,1-5H3/b15-14-/t16-,17-,18-,19-/m1/s1. The minimum absolute atomic E-state index is 0.186. The number of rotatable bonds is 6. The van der Waals surface area contributed by atoms with E-state index in [9.17, 15) is 0 Å². The first-order valence-electron chi connectivity index (χ1n) is 9.57. The SMILES string of the molecule is CC[C@@H]1CC[C@@H](CC)P1/C=C\[PH]1(C)[C@H](CC)CC[C@H]1CC. The van der Waals surface area contributed by atoms with E-state index < -0.39 is 7.26 Å². The molecule has 0 N–H and O–H groups in total. The molecule has 0 amide bonds. The summed E-state index contributed by atoms with van der Waals surface area (Å²) < 4.78 is 0. The molecule has 2 heterocycles. The molecule has 2 heteroatoms. The molecule has 2 saturated heterocycles. The first kappa shape index (κ1) is 17.9. The van der Waals surface area contributed by atoms with E-state index >= 15 is 0 Å². The van der Waals surface area contributed by atoms with Crippen LogP contribution in [0.4, 0.5) is 0 Å². The van der Waals surface area contributed by atoms with Crippen LogP contribution in [0.5, 0.6) is 0 Å². The van der Waals surface area contributed by atoms with Crippen molar-refractivity contribution >= 4 is 15.2 Å². The first-order chi connectivity index (χ1) is 10.1. The molecule has 0 aromatic heterocycles. The zero-order valence-electron chi connectivity index (χ0n) is 15.1.